The summed E-state index contributed by atoms with van der Waals surface area (Å²) in [6.45, 7) is 6.13. The van der Waals surface area contributed by atoms with Crippen LogP contribution >= 0.6 is 0 Å². The number of aliphatic carboxylic acids is 1. The molecule has 1 amide bonds. The summed E-state index contributed by atoms with van der Waals surface area (Å²) < 4.78 is 74.2. The Morgan fingerprint density at radius 2 is 1.53 bits per heavy atom. The maximum absolute atomic E-state index is 14.6. The Labute approximate surface area is 343 Å². The highest BCUT2D eigenvalue weighted by molar-refractivity contribution is 5.81. The number of fused-ring (bicyclic) bond motifs is 1. The summed E-state index contributed by atoms with van der Waals surface area (Å²) in [4.78, 5) is 62.1. The number of aryl methyl sites for hydroxylation is 2. The predicted molar refractivity (Wildman–Crippen MR) is 214 cm³/mol. The molecule has 0 aliphatic carbocycles. The zero-order valence-electron chi connectivity index (χ0n) is 33.6. The van der Waals surface area contributed by atoms with Crippen molar-refractivity contribution in [2.24, 2.45) is 0 Å². The molecule has 1 saturated heterocycles. The van der Waals surface area contributed by atoms with Crippen LogP contribution in [0, 0.1) is 11.6 Å². The van der Waals surface area contributed by atoms with Gasteiger partial charge in [-0.2, -0.15) is 18.2 Å². The van der Waals surface area contributed by atoms with Crippen molar-refractivity contribution in [2.45, 2.75) is 83.7 Å². The second-order valence-electron chi connectivity index (χ2n) is 14.8. The maximum atomic E-state index is 14.6. The number of carbonyl (C=O) groups is 3. The van der Waals surface area contributed by atoms with Gasteiger partial charge in [-0.3, -0.25) is 24.1 Å². The van der Waals surface area contributed by atoms with Crippen molar-refractivity contribution >= 4 is 28.9 Å². The number of carboxylic acids is 1. The van der Waals surface area contributed by atoms with Crippen molar-refractivity contribution < 1.29 is 46.2 Å². The number of likely N-dealkylation sites (tertiary alicyclic amines) is 1. The molecule has 1 N–H and O–H groups in total. The summed E-state index contributed by atoms with van der Waals surface area (Å²) in [7, 11) is 1.34. The number of alkyl halides is 3. The SMILES string of the molecule is CCC(=O)O.COC(=O)C(C)(C)N1CCC(N(Cc2ccc(-c3ccc(C(F)(F)F)cc3)cc2)C(=O)Cn2c(CCc3ccc(F)cc3F)nc(=O)c3cccnc32)CC1. The van der Waals surface area contributed by atoms with Crippen LogP contribution in [0.1, 0.15) is 62.5 Å². The first-order chi connectivity index (χ1) is 28.4. The van der Waals surface area contributed by atoms with E-state index < -0.39 is 40.4 Å². The van der Waals surface area contributed by atoms with E-state index in [2.05, 4.69) is 9.97 Å². The molecule has 60 heavy (non-hydrogen) atoms. The Balaban J connectivity index is 0.00000129. The number of carbonyl (C=O) groups excluding carboxylic acids is 2. The lowest BCUT2D eigenvalue weighted by Gasteiger charge is -2.44. The zero-order valence-corrected chi connectivity index (χ0v) is 33.6. The van der Waals surface area contributed by atoms with Crippen LogP contribution in [0.25, 0.3) is 22.2 Å². The molecule has 1 aliphatic heterocycles. The number of pyridine rings is 1. The smallest absolute Gasteiger partial charge is 0.416 e. The van der Waals surface area contributed by atoms with Gasteiger partial charge in [-0.15, -0.1) is 0 Å². The minimum atomic E-state index is -4.45. The number of amides is 1. The molecule has 0 atom stereocenters. The second kappa shape index (κ2) is 19.4. The van der Waals surface area contributed by atoms with Crippen LogP contribution in [-0.2, 0) is 51.2 Å². The highest BCUT2D eigenvalue weighted by atomic mass is 19.4. The number of methoxy groups -OCH3 is 1. The third-order valence-electron chi connectivity index (χ3n) is 10.6. The fourth-order valence-corrected chi connectivity index (χ4v) is 7.08. The average molecular weight is 836 g/mol. The number of carboxylic acid groups (broad SMARTS) is 1. The monoisotopic (exact) mass is 835 g/mol. The van der Waals surface area contributed by atoms with Crippen LogP contribution in [0.2, 0.25) is 0 Å². The highest BCUT2D eigenvalue weighted by Crippen LogP contribution is 2.32. The average Bonchev–Trinajstić information content (AvgIpc) is 3.23. The standard InChI is InChI=1S/C41H40F5N5O4.C3H6O2/c1-40(2,39(54)55-3)49-21-18-32(19-22-49)50(24-26-6-8-27(9-7-26)28-10-14-30(15-11-28)41(44,45)46)36(52)25-51-35(17-13-29-12-16-31(42)23-34(29)43)48-38(53)33-5-4-20-47-37(33)51;1-2-3(4)5/h4-12,14-16,20,23,32H,13,17-19,21-22,24-25H2,1-3H3;2H2,1H3,(H,4,5). The molecule has 0 spiro atoms. The fraction of sp³-hybridized carbons (Fsp3) is 0.364. The fourth-order valence-electron chi connectivity index (χ4n) is 7.08. The molecule has 11 nitrogen and oxygen atoms in total. The molecule has 3 aromatic carbocycles. The lowest BCUT2D eigenvalue weighted by Crippen LogP contribution is -2.56. The summed E-state index contributed by atoms with van der Waals surface area (Å²) in [5.41, 5.74) is 0.363. The van der Waals surface area contributed by atoms with Crippen LogP contribution in [-0.4, -0.2) is 79.1 Å². The molecule has 0 radical (unpaired) electrons. The number of halogens is 5. The first-order valence-electron chi connectivity index (χ1n) is 19.3. The molecule has 1 fully saturated rings. The minimum absolute atomic E-state index is 0.0595. The molecule has 0 bridgehead atoms. The van der Waals surface area contributed by atoms with Crippen LogP contribution in [0.15, 0.2) is 89.9 Å². The molecule has 2 aromatic heterocycles. The summed E-state index contributed by atoms with van der Waals surface area (Å²) in [5, 5.41) is 7.93. The van der Waals surface area contributed by atoms with E-state index in [0.717, 1.165) is 29.8 Å². The first kappa shape index (κ1) is 45.1. The van der Waals surface area contributed by atoms with Crippen molar-refractivity contribution in [3.8, 4) is 11.1 Å². The number of hydrogen-bond donors (Lipinski definition) is 1. The van der Waals surface area contributed by atoms with E-state index in [1.54, 1.807) is 54.5 Å². The van der Waals surface area contributed by atoms with Gasteiger partial charge >= 0.3 is 18.1 Å². The van der Waals surface area contributed by atoms with E-state index >= 15 is 0 Å². The topological polar surface area (TPSA) is 135 Å². The van der Waals surface area contributed by atoms with Gasteiger partial charge in [-0.25, -0.2) is 13.8 Å². The van der Waals surface area contributed by atoms with E-state index in [-0.39, 0.29) is 72.7 Å². The van der Waals surface area contributed by atoms with Crippen LogP contribution in [0.5, 0.6) is 0 Å². The number of ether oxygens (including phenoxy) is 1. The number of nitrogens with zero attached hydrogens (tertiary/aromatic N) is 5. The van der Waals surface area contributed by atoms with E-state index in [9.17, 15) is 41.1 Å². The van der Waals surface area contributed by atoms with E-state index in [0.29, 0.717) is 37.1 Å². The van der Waals surface area contributed by atoms with Crippen LogP contribution in [0.4, 0.5) is 22.0 Å². The Morgan fingerprint density at radius 3 is 2.10 bits per heavy atom. The van der Waals surface area contributed by atoms with Gasteiger partial charge in [0.05, 0.1) is 18.1 Å². The summed E-state index contributed by atoms with van der Waals surface area (Å²) in [6.07, 6.45) is -1.51. The zero-order chi connectivity index (χ0) is 43.8. The lowest BCUT2D eigenvalue weighted by atomic mass is 9.95. The second-order valence-corrected chi connectivity index (χ2v) is 14.8. The molecule has 1 aliphatic rings. The molecular formula is C44H46F5N5O6. The van der Waals surface area contributed by atoms with Crippen LogP contribution < -0.4 is 5.56 Å². The van der Waals surface area contributed by atoms with Gasteiger partial charge in [0.25, 0.3) is 5.56 Å². The largest absolute Gasteiger partial charge is 0.481 e. The minimum Gasteiger partial charge on any atom is -0.481 e. The van der Waals surface area contributed by atoms with Gasteiger partial charge in [0.1, 0.15) is 35.2 Å². The number of aromatic nitrogens is 3. The van der Waals surface area contributed by atoms with E-state index in [4.69, 9.17) is 9.84 Å². The van der Waals surface area contributed by atoms with Gasteiger partial charge in [0, 0.05) is 50.8 Å². The van der Waals surface area contributed by atoms with Crippen LogP contribution in [0.3, 0.4) is 0 Å². The Kier molecular flexibility index (Phi) is 14.5. The van der Waals surface area contributed by atoms with Crippen molar-refractivity contribution in [3.63, 3.8) is 0 Å². The molecule has 16 heteroatoms. The van der Waals surface area contributed by atoms with Crippen molar-refractivity contribution in [1.29, 1.82) is 0 Å². The summed E-state index contributed by atoms with van der Waals surface area (Å²) in [6, 6.07) is 18.3. The van der Waals surface area contributed by atoms with Crippen molar-refractivity contribution in [3.05, 3.63) is 130 Å². The molecule has 0 unspecified atom stereocenters. The summed E-state index contributed by atoms with van der Waals surface area (Å²) in [5.74, 6) is -2.66. The van der Waals surface area contributed by atoms with Gasteiger partial charge < -0.3 is 19.3 Å². The lowest BCUT2D eigenvalue weighted by molar-refractivity contribution is -0.155. The Bertz CT molecular complexity index is 2360. The molecule has 6 rings (SSSR count). The number of rotatable bonds is 12. The van der Waals surface area contributed by atoms with Crippen molar-refractivity contribution in [1.82, 2.24) is 24.3 Å². The number of piperidine rings is 1. The third-order valence-corrected chi connectivity index (χ3v) is 10.6. The summed E-state index contributed by atoms with van der Waals surface area (Å²) >= 11 is 0. The van der Waals surface area contributed by atoms with Crippen molar-refractivity contribution in [2.75, 3.05) is 20.2 Å². The maximum Gasteiger partial charge on any atom is 0.416 e. The quantitative estimate of drug-likeness (QED) is 0.100. The number of hydrogen-bond acceptors (Lipinski definition) is 8. The number of benzene rings is 3. The molecular weight excluding hydrogens is 790 g/mol. The highest BCUT2D eigenvalue weighted by Gasteiger charge is 2.39. The molecule has 0 saturated carbocycles. The molecule has 5 aromatic rings. The van der Waals surface area contributed by atoms with E-state index in [1.807, 2.05) is 17.0 Å². The van der Waals surface area contributed by atoms with Gasteiger partial charge in [0.15, 0.2) is 0 Å². The normalized spacial score (nSPS) is 13.7. The molecule has 318 valence electrons. The van der Waals surface area contributed by atoms with E-state index in [1.165, 1.54) is 31.5 Å². The van der Waals surface area contributed by atoms with Gasteiger partial charge in [-0.05, 0) is 85.7 Å². The third kappa shape index (κ3) is 11.0. The predicted octanol–water partition coefficient (Wildman–Crippen LogP) is 7.47. The van der Waals surface area contributed by atoms with Gasteiger partial charge in [0.2, 0.25) is 5.91 Å². The first-order valence-corrected chi connectivity index (χ1v) is 19.3. The molecule has 3 heterocycles. The van der Waals surface area contributed by atoms with Gasteiger partial charge in [-0.1, -0.05) is 49.4 Å². The Hall–Kier alpha value is -6.03. The number of esters is 1. The Morgan fingerprint density at radius 1 is 0.917 bits per heavy atom.